The van der Waals surface area contributed by atoms with Gasteiger partial charge in [-0.15, -0.1) is 0 Å². The zero-order valence-electron chi connectivity index (χ0n) is 11.7. The summed E-state index contributed by atoms with van der Waals surface area (Å²) in [4.78, 5) is 8.43. The molecule has 0 saturated carbocycles. The molecule has 1 unspecified atom stereocenters. The summed E-state index contributed by atoms with van der Waals surface area (Å²) in [6.07, 6.45) is 1.64. The lowest BCUT2D eigenvalue weighted by atomic mass is 10.0. The molecule has 0 fully saturated rings. The van der Waals surface area contributed by atoms with Gasteiger partial charge in [-0.25, -0.2) is 15.8 Å². The highest BCUT2D eigenvalue weighted by molar-refractivity contribution is 5.47. The summed E-state index contributed by atoms with van der Waals surface area (Å²) in [7, 11) is 1.57. The van der Waals surface area contributed by atoms with Crippen molar-refractivity contribution < 1.29 is 9.84 Å². The molecule has 0 aromatic carbocycles. The maximum atomic E-state index is 10.1. The van der Waals surface area contributed by atoms with Crippen molar-refractivity contribution in [3.63, 3.8) is 0 Å². The number of nitrogens with zero attached hydrogens (tertiary/aromatic N) is 2. The average molecular weight is 269 g/mol. The van der Waals surface area contributed by atoms with E-state index in [4.69, 9.17) is 10.6 Å². The van der Waals surface area contributed by atoms with Crippen LogP contribution in [-0.4, -0.2) is 34.3 Å². The first-order chi connectivity index (χ1) is 9.00. The lowest BCUT2D eigenvalue weighted by Gasteiger charge is -2.23. The SMILES string of the molecule is CCCC(C)(O)CNc1cc(NN)nc(COC)n1. The van der Waals surface area contributed by atoms with E-state index < -0.39 is 5.60 Å². The first-order valence-corrected chi connectivity index (χ1v) is 6.30. The van der Waals surface area contributed by atoms with Crippen LogP contribution in [0.15, 0.2) is 6.07 Å². The third kappa shape index (κ3) is 5.37. The van der Waals surface area contributed by atoms with Crippen LogP contribution in [0.5, 0.6) is 0 Å². The Labute approximate surface area is 113 Å². The first-order valence-electron chi connectivity index (χ1n) is 6.30. The molecule has 7 nitrogen and oxygen atoms in total. The molecule has 0 aliphatic rings. The van der Waals surface area contributed by atoms with E-state index in [2.05, 4.69) is 20.7 Å². The molecule has 7 heteroatoms. The topological polar surface area (TPSA) is 105 Å². The minimum atomic E-state index is -0.766. The Balaban J connectivity index is 2.74. The number of hydrogen-bond donors (Lipinski definition) is 4. The summed E-state index contributed by atoms with van der Waals surface area (Å²) >= 11 is 0. The Morgan fingerprint density at radius 3 is 2.68 bits per heavy atom. The molecule has 1 aromatic rings. The van der Waals surface area contributed by atoms with Crippen molar-refractivity contribution in [1.29, 1.82) is 0 Å². The fourth-order valence-corrected chi connectivity index (χ4v) is 1.76. The third-order valence-electron chi connectivity index (χ3n) is 2.63. The van der Waals surface area contributed by atoms with Crippen molar-refractivity contribution in [2.75, 3.05) is 24.4 Å². The van der Waals surface area contributed by atoms with E-state index in [0.717, 1.165) is 12.8 Å². The second-order valence-electron chi connectivity index (χ2n) is 4.73. The number of ether oxygens (including phenoxy) is 1. The highest BCUT2D eigenvalue weighted by Crippen LogP contribution is 2.15. The number of nitrogens with two attached hydrogens (primary N) is 1. The minimum absolute atomic E-state index is 0.301. The molecule has 1 aromatic heterocycles. The molecule has 0 aliphatic carbocycles. The molecule has 0 spiro atoms. The molecule has 0 amide bonds. The lowest BCUT2D eigenvalue weighted by Crippen LogP contribution is -2.33. The Morgan fingerprint density at radius 2 is 2.11 bits per heavy atom. The second-order valence-corrected chi connectivity index (χ2v) is 4.73. The fourth-order valence-electron chi connectivity index (χ4n) is 1.76. The summed E-state index contributed by atoms with van der Waals surface area (Å²) in [6, 6.07) is 1.68. The molecular formula is C12H23N5O2. The predicted molar refractivity (Wildman–Crippen MR) is 74.6 cm³/mol. The van der Waals surface area contributed by atoms with Crippen LogP contribution in [0.4, 0.5) is 11.6 Å². The normalized spacial score (nSPS) is 13.9. The third-order valence-corrected chi connectivity index (χ3v) is 2.63. The van der Waals surface area contributed by atoms with Crippen LogP contribution < -0.4 is 16.6 Å². The van der Waals surface area contributed by atoms with Crippen LogP contribution in [0.3, 0.4) is 0 Å². The van der Waals surface area contributed by atoms with Gasteiger partial charge in [-0.1, -0.05) is 13.3 Å². The van der Waals surface area contributed by atoms with Crippen LogP contribution in [0.1, 0.15) is 32.5 Å². The summed E-state index contributed by atoms with van der Waals surface area (Å²) in [6.45, 7) is 4.54. The quantitative estimate of drug-likeness (QED) is 0.410. The molecule has 19 heavy (non-hydrogen) atoms. The van der Waals surface area contributed by atoms with E-state index in [9.17, 15) is 5.11 Å². The second kappa shape index (κ2) is 7.22. The van der Waals surface area contributed by atoms with Crippen molar-refractivity contribution in [2.45, 2.75) is 38.9 Å². The molecule has 0 aliphatic heterocycles. The Hall–Kier alpha value is -1.44. The van der Waals surface area contributed by atoms with E-state index in [1.165, 1.54) is 0 Å². The van der Waals surface area contributed by atoms with Gasteiger partial charge in [0.15, 0.2) is 5.82 Å². The van der Waals surface area contributed by atoms with Gasteiger partial charge in [0.25, 0.3) is 0 Å². The zero-order valence-corrected chi connectivity index (χ0v) is 11.7. The largest absolute Gasteiger partial charge is 0.388 e. The molecular weight excluding hydrogens is 246 g/mol. The van der Waals surface area contributed by atoms with Crippen LogP contribution in [0.25, 0.3) is 0 Å². The van der Waals surface area contributed by atoms with Crippen LogP contribution in [0, 0.1) is 0 Å². The first kappa shape index (κ1) is 15.6. The van der Waals surface area contributed by atoms with Crippen molar-refractivity contribution in [3.8, 4) is 0 Å². The smallest absolute Gasteiger partial charge is 0.158 e. The predicted octanol–water partition coefficient (Wildman–Crippen LogP) is 0.872. The van der Waals surface area contributed by atoms with Crippen LogP contribution in [-0.2, 0) is 11.3 Å². The molecule has 0 radical (unpaired) electrons. The van der Waals surface area contributed by atoms with Crippen molar-refractivity contribution in [3.05, 3.63) is 11.9 Å². The lowest BCUT2D eigenvalue weighted by molar-refractivity contribution is 0.0636. The van der Waals surface area contributed by atoms with Gasteiger partial charge in [0, 0.05) is 19.7 Å². The maximum absolute atomic E-state index is 10.1. The van der Waals surface area contributed by atoms with Gasteiger partial charge < -0.3 is 20.6 Å². The zero-order chi connectivity index (χ0) is 14.3. The number of nitrogen functional groups attached to an aromatic ring is 1. The van der Waals surface area contributed by atoms with Crippen molar-refractivity contribution in [1.82, 2.24) is 9.97 Å². The monoisotopic (exact) mass is 269 g/mol. The van der Waals surface area contributed by atoms with Gasteiger partial charge >= 0.3 is 0 Å². The van der Waals surface area contributed by atoms with E-state index in [1.54, 1.807) is 20.1 Å². The fraction of sp³-hybridized carbons (Fsp3) is 0.667. The highest BCUT2D eigenvalue weighted by atomic mass is 16.5. The maximum Gasteiger partial charge on any atom is 0.158 e. The van der Waals surface area contributed by atoms with Crippen molar-refractivity contribution >= 4 is 11.6 Å². The number of anilines is 2. The van der Waals surface area contributed by atoms with E-state index in [0.29, 0.717) is 30.6 Å². The average Bonchev–Trinajstić information content (AvgIpc) is 2.36. The van der Waals surface area contributed by atoms with Gasteiger partial charge in [0.05, 0.1) is 5.60 Å². The summed E-state index contributed by atoms with van der Waals surface area (Å²) in [5, 5.41) is 13.2. The van der Waals surface area contributed by atoms with Gasteiger partial charge in [-0.3, -0.25) is 0 Å². The number of aliphatic hydroxyl groups is 1. The van der Waals surface area contributed by atoms with Crippen LogP contribution >= 0.6 is 0 Å². The van der Waals surface area contributed by atoms with E-state index >= 15 is 0 Å². The van der Waals surface area contributed by atoms with Gasteiger partial charge in [-0.2, -0.15) is 0 Å². The number of methoxy groups -OCH3 is 1. The summed E-state index contributed by atoms with van der Waals surface area (Å²) in [5.41, 5.74) is 1.71. The Morgan fingerprint density at radius 1 is 1.42 bits per heavy atom. The molecule has 5 N–H and O–H groups in total. The van der Waals surface area contributed by atoms with E-state index in [1.807, 2.05) is 6.92 Å². The number of hydrogen-bond acceptors (Lipinski definition) is 7. The minimum Gasteiger partial charge on any atom is -0.388 e. The van der Waals surface area contributed by atoms with E-state index in [-0.39, 0.29) is 0 Å². The molecule has 108 valence electrons. The van der Waals surface area contributed by atoms with Gasteiger partial charge in [0.1, 0.15) is 18.2 Å². The number of rotatable bonds is 8. The number of hydrazine groups is 1. The number of nitrogens with one attached hydrogen (secondary N) is 2. The Bertz CT molecular complexity index is 398. The molecule has 1 rings (SSSR count). The summed E-state index contributed by atoms with van der Waals surface area (Å²) in [5.74, 6) is 6.98. The van der Waals surface area contributed by atoms with Crippen molar-refractivity contribution in [2.24, 2.45) is 5.84 Å². The van der Waals surface area contributed by atoms with Gasteiger partial charge in [0.2, 0.25) is 0 Å². The van der Waals surface area contributed by atoms with Crippen LogP contribution in [0.2, 0.25) is 0 Å². The number of aromatic nitrogens is 2. The van der Waals surface area contributed by atoms with Gasteiger partial charge in [-0.05, 0) is 13.3 Å². The highest BCUT2D eigenvalue weighted by Gasteiger charge is 2.19. The molecule has 0 saturated heterocycles. The summed E-state index contributed by atoms with van der Waals surface area (Å²) < 4.78 is 5.00. The molecule has 1 heterocycles. The molecule has 0 bridgehead atoms. The standard InChI is InChI=1S/C12H23N5O2/c1-4-5-12(2,18)8-14-9-6-10(17-13)16-11(15-9)7-19-3/h6,18H,4-5,7-8,13H2,1-3H3,(H2,14,15,16,17). The Kier molecular flexibility index (Phi) is 5.94. The molecule has 1 atom stereocenters.